The monoisotopic (exact) mass is 397 g/mol. The van der Waals surface area contributed by atoms with Gasteiger partial charge in [0.05, 0.1) is 16.7 Å². The summed E-state index contributed by atoms with van der Waals surface area (Å²) in [5.74, 6) is 1.62. The summed E-state index contributed by atoms with van der Waals surface area (Å²) < 4.78 is 1.99. The highest BCUT2D eigenvalue weighted by atomic mass is 32.1. The number of piperidine rings is 1. The van der Waals surface area contributed by atoms with Crippen molar-refractivity contribution in [2.45, 2.75) is 46.2 Å². The predicted molar refractivity (Wildman–Crippen MR) is 114 cm³/mol. The van der Waals surface area contributed by atoms with Crippen LogP contribution >= 0.6 is 11.3 Å². The van der Waals surface area contributed by atoms with Crippen LogP contribution in [0.15, 0.2) is 29.6 Å². The topological polar surface area (TPSA) is 63.1 Å². The summed E-state index contributed by atoms with van der Waals surface area (Å²) in [4.78, 5) is 24.3. The molecule has 1 amide bonds. The van der Waals surface area contributed by atoms with E-state index in [4.69, 9.17) is 0 Å². The Balaban J connectivity index is 1.40. The van der Waals surface area contributed by atoms with Gasteiger partial charge in [0, 0.05) is 24.9 Å². The Kier molecular flexibility index (Phi) is 5.73. The molecular weight excluding hydrogens is 370 g/mol. The Morgan fingerprint density at radius 3 is 3.00 bits per heavy atom. The molecule has 0 spiro atoms. The van der Waals surface area contributed by atoms with E-state index in [0.29, 0.717) is 5.13 Å². The lowest BCUT2D eigenvalue weighted by Crippen LogP contribution is -2.33. The van der Waals surface area contributed by atoms with Gasteiger partial charge in [-0.3, -0.25) is 9.69 Å². The lowest BCUT2D eigenvalue weighted by molar-refractivity contribution is -0.116. The van der Waals surface area contributed by atoms with Crippen molar-refractivity contribution in [3.8, 4) is 0 Å². The van der Waals surface area contributed by atoms with E-state index in [2.05, 4.69) is 39.4 Å². The molecule has 2 aromatic heterocycles. The quantitative estimate of drug-likeness (QED) is 0.685. The molecule has 6 nitrogen and oxygen atoms in total. The maximum Gasteiger partial charge on any atom is 0.246 e. The fourth-order valence-corrected chi connectivity index (χ4v) is 4.69. The van der Waals surface area contributed by atoms with Crippen molar-refractivity contribution in [1.29, 1.82) is 0 Å². The average Bonchev–Trinajstić information content (AvgIpc) is 3.26. The number of amides is 1. The minimum Gasteiger partial charge on any atom is -0.318 e. The largest absolute Gasteiger partial charge is 0.318 e. The molecule has 28 heavy (non-hydrogen) atoms. The van der Waals surface area contributed by atoms with E-state index in [1.54, 1.807) is 0 Å². The number of aromatic nitrogens is 3. The fraction of sp³-hybridized carbons (Fsp3) is 0.476. The molecule has 0 aliphatic carbocycles. The number of imidazole rings is 1. The standard InChI is InChI=1S/C21H27N5OS/c1-3-19-23-17-8-4-5-9-18(17)26(19)13-20(27)24-21-22-16(14-28-21)12-25-10-6-7-15(2)11-25/h4-5,8-9,14-15H,3,6-7,10-13H2,1-2H3,(H,22,24,27). The van der Waals surface area contributed by atoms with E-state index >= 15 is 0 Å². The zero-order chi connectivity index (χ0) is 19.5. The van der Waals surface area contributed by atoms with Gasteiger partial charge in [-0.05, 0) is 37.4 Å². The van der Waals surface area contributed by atoms with Crippen LogP contribution in [-0.2, 0) is 24.3 Å². The molecule has 1 N–H and O–H groups in total. The van der Waals surface area contributed by atoms with Crippen LogP contribution in [0.3, 0.4) is 0 Å². The van der Waals surface area contributed by atoms with Gasteiger partial charge in [-0.1, -0.05) is 26.0 Å². The molecule has 0 bridgehead atoms. The summed E-state index contributed by atoms with van der Waals surface area (Å²) in [5.41, 5.74) is 2.96. The zero-order valence-electron chi connectivity index (χ0n) is 16.5. The maximum atomic E-state index is 12.6. The van der Waals surface area contributed by atoms with Crippen LogP contribution in [0.25, 0.3) is 11.0 Å². The van der Waals surface area contributed by atoms with Gasteiger partial charge in [-0.2, -0.15) is 0 Å². The molecule has 1 atom stereocenters. The van der Waals surface area contributed by atoms with E-state index in [9.17, 15) is 4.79 Å². The molecule has 0 saturated carbocycles. The lowest BCUT2D eigenvalue weighted by Gasteiger charge is -2.30. The smallest absolute Gasteiger partial charge is 0.246 e. The molecule has 1 saturated heterocycles. The van der Waals surface area contributed by atoms with E-state index in [0.717, 1.165) is 54.5 Å². The third-order valence-corrected chi connectivity index (χ3v) is 6.08. The molecule has 0 radical (unpaired) electrons. The van der Waals surface area contributed by atoms with E-state index in [1.165, 1.54) is 24.2 Å². The minimum absolute atomic E-state index is 0.0645. The average molecular weight is 398 g/mol. The number of anilines is 1. The Hall–Kier alpha value is -2.25. The van der Waals surface area contributed by atoms with Gasteiger partial charge in [-0.15, -0.1) is 11.3 Å². The summed E-state index contributed by atoms with van der Waals surface area (Å²) in [6.07, 6.45) is 3.36. The first-order valence-corrected chi connectivity index (χ1v) is 10.9. The van der Waals surface area contributed by atoms with Crippen LogP contribution < -0.4 is 5.32 Å². The second kappa shape index (κ2) is 8.41. The minimum atomic E-state index is -0.0645. The second-order valence-electron chi connectivity index (χ2n) is 7.63. The zero-order valence-corrected chi connectivity index (χ0v) is 17.3. The van der Waals surface area contributed by atoms with Gasteiger partial charge in [0.2, 0.25) is 5.91 Å². The van der Waals surface area contributed by atoms with E-state index in [-0.39, 0.29) is 12.5 Å². The normalized spacial score (nSPS) is 17.9. The number of carbonyl (C=O) groups is 1. The molecule has 1 aliphatic heterocycles. The van der Waals surface area contributed by atoms with Gasteiger partial charge < -0.3 is 9.88 Å². The van der Waals surface area contributed by atoms with Crippen molar-refractivity contribution in [2.75, 3.05) is 18.4 Å². The van der Waals surface area contributed by atoms with Gasteiger partial charge in [0.15, 0.2) is 5.13 Å². The maximum absolute atomic E-state index is 12.6. The molecule has 7 heteroatoms. The van der Waals surface area contributed by atoms with Crippen molar-refractivity contribution < 1.29 is 4.79 Å². The number of aryl methyl sites for hydroxylation is 1. The summed E-state index contributed by atoms with van der Waals surface area (Å²) in [6.45, 7) is 7.75. The molecule has 4 rings (SSSR count). The number of benzene rings is 1. The van der Waals surface area contributed by atoms with Crippen LogP contribution in [0.5, 0.6) is 0 Å². The number of likely N-dealkylation sites (tertiary alicyclic amines) is 1. The van der Waals surface area contributed by atoms with E-state index < -0.39 is 0 Å². The fourth-order valence-electron chi connectivity index (χ4n) is 3.97. The third kappa shape index (κ3) is 4.25. The van der Waals surface area contributed by atoms with Crippen LogP contribution in [-0.4, -0.2) is 38.4 Å². The van der Waals surface area contributed by atoms with Crippen LogP contribution in [0.1, 0.15) is 38.2 Å². The molecule has 1 aliphatic rings. The molecule has 1 fully saturated rings. The molecule has 3 heterocycles. The number of carbonyl (C=O) groups excluding carboxylic acids is 1. The number of hydrogen-bond acceptors (Lipinski definition) is 5. The van der Waals surface area contributed by atoms with Gasteiger partial charge in [0.25, 0.3) is 0 Å². The van der Waals surface area contributed by atoms with E-state index in [1.807, 2.05) is 28.8 Å². The SMILES string of the molecule is CCc1nc2ccccc2n1CC(=O)Nc1nc(CN2CCCC(C)C2)cs1. The Labute approximate surface area is 169 Å². The summed E-state index contributed by atoms with van der Waals surface area (Å²) in [6, 6.07) is 7.94. The summed E-state index contributed by atoms with van der Waals surface area (Å²) in [5, 5.41) is 5.69. The number of para-hydroxylation sites is 2. The van der Waals surface area contributed by atoms with Crippen LogP contribution in [0.2, 0.25) is 0 Å². The lowest BCUT2D eigenvalue weighted by atomic mass is 10.0. The Bertz CT molecular complexity index is 963. The van der Waals surface area contributed by atoms with Gasteiger partial charge in [-0.25, -0.2) is 9.97 Å². The van der Waals surface area contributed by atoms with Gasteiger partial charge >= 0.3 is 0 Å². The van der Waals surface area contributed by atoms with Crippen molar-refractivity contribution >= 4 is 33.4 Å². The number of fused-ring (bicyclic) bond motifs is 1. The first-order valence-electron chi connectivity index (χ1n) is 10.0. The third-order valence-electron chi connectivity index (χ3n) is 5.28. The number of rotatable bonds is 6. The molecular formula is C21H27N5OS. The first kappa shape index (κ1) is 19.1. The number of thiazole rings is 1. The van der Waals surface area contributed by atoms with Crippen LogP contribution in [0.4, 0.5) is 5.13 Å². The Morgan fingerprint density at radius 1 is 1.32 bits per heavy atom. The highest BCUT2D eigenvalue weighted by Gasteiger charge is 2.18. The molecule has 148 valence electrons. The first-order chi connectivity index (χ1) is 13.6. The van der Waals surface area contributed by atoms with Crippen molar-refractivity contribution in [3.63, 3.8) is 0 Å². The van der Waals surface area contributed by atoms with Crippen LogP contribution in [0, 0.1) is 5.92 Å². The van der Waals surface area contributed by atoms with Crippen molar-refractivity contribution in [3.05, 3.63) is 41.2 Å². The second-order valence-corrected chi connectivity index (χ2v) is 8.49. The summed E-state index contributed by atoms with van der Waals surface area (Å²) in [7, 11) is 0. The summed E-state index contributed by atoms with van der Waals surface area (Å²) >= 11 is 1.50. The molecule has 1 aromatic carbocycles. The Morgan fingerprint density at radius 2 is 2.18 bits per heavy atom. The van der Waals surface area contributed by atoms with Crippen molar-refractivity contribution in [1.82, 2.24) is 19.4 Å². The molecule has 1 unspecified atom stereocenters. The number of nitrogens with one attached hydrogen (secondary N) is 1. The highest BCUT2D eigenvalue weighted by Crippen LogP contribution is 2.21. The van der Waals surface area contributed by atoms with Crippen molar-refractivity contribution in [2.24, 2.45) is 5.92 Å². The predicted octanol–water partition coefficient (Wildman–Crippen LogP) is 3.93. The van der Waals surface area contributed by atoms with Gasteiger partial charge in [0.1, 0.15) is 12.4 Å². The number of hydrogen-bond donors (Lipinski definition) is 1. The molecule has 3 aromatic rings. The highest BCUT2D eigenvalue weighted by molar-refractivity contribution is 7.13. The number of nitrogens with zero attached hydrogens (tertiary/aromatic N) is 4.